The van der Waals surface area contributed by atoms with Crippen molar-refractivity contribution in [3.63, 3.8) is 0 Å². The topological polar surface area (TPSA) is 18.5 Å². The monoisotopic (exact) mass is 236 g/mol. The molecule has 0 spiro atoms. The second-order valence-electron chi connectivity index (χ2n) is 6.03. The van der Waals surface area contributed by atoms with E-state index >= 15 is 0 Å². The molecule has 1 aliphatic heterocycles. The van der Waals surface area contributed by atoms with E-state index in [9.17, 15) is 0 Å². The van der Waals surface area contributed by atoms with Gasteiger partial charge in [0.05, 0.1) is 13.2 Å². The van der Waals surface area contributed by atoms with Crippen LogP contribution in [0.5, 0.6) is 0 Å². The summed E-state index contributed by atoms with van der Waals surface area (Å²) in [5, 5.41) is 0. The lowest BCUT2D eigenvalue weighted by Crippen LogP contribution is -2.28. The second kappa shape index (κ2) is 4.58. The molecule has 2 rings (SSSR count). The molecular weight excluding hydrogens is 212 g/mol. The van der Waals surface area contributed by atoms with Crippen molar-refractivity contribution >= 4 is 0 Å². The van der Waals surface area contributed by atoms with Crippen LogP contribution in [0.15, 0.2) is 23.8 Å². The van der Waals surface area contributed by atoms with Gasteiger partial charge in [0.15, 0.2) is 5.79 Å². The summed E-state index contributed by atoms with van der Waals surface area (Å²) in [7, 11) is 0. The van der Waals surface area contributed by atoms with E-state index < -0.39 is 5.79 Å². The van der Waals surface area contributed by atoms with Gasteiger partial charge in [-0.15, -0.1) is 0 Å². The summed E-state index contributed by atoms with van der Waals surface area (Å²) in [6, 6.07) is 0. The molecule has 1 unspecified atom stereocenters. The maximum atomic E-state index is 5.61. The summed E-state index contributed by atoms with van der Waals surface area (Å²) in [5.74, 6) is -0.00533. The molecule has 0 aromatic carbocycles. The van der Waals surface area contributed by atoms with E-state index in [4.69, 9.17) is 9.47 Å². The first kappa shape index (κ1) is 12.8. The first-order valence-corrected chi connectivity index (χ1v) is 6.57. The number of ether oxygens (including phenoxy) is 2. The van der Waals surface area contributed by atoms with Gasteiger partial charge in [0.2, 0.25) is 0 Å². The number of hydrogen-bond acceptors (Lipinski definition) is 2. The summed E-state index contributed by atoms with van der Waals surface area (Å²) >= 11 is 0. The molecule has 96 valence electrons. The van der Waals surface area contributed by atoms with Crippen molar-refractivity contribution < 1.29 is 9.47 Å². The van der Waals surface area contributed by atoms with Crippen LogP contribution in [-0.2, 0) is 9.47 Å². The summed E-state index contributed by atoms with van der Waals surface area (Å²) in [4.78, 5) is 0. The van der Waals surface area contributed by atoms with Gasteiger partial charge in [0, 0.05) is 5.92 Å². The van der Waals surface area contributed by atoms with Crippen LogP contribution in [0.4, 0.5) is 0 Å². The quantitative estimate of drug-likeness (QED) is 0.681. The molecule has 1 atom stereocenters. The molecule has 0 amide bonds. The minimum atomic E-state index is -0.506. The Balaban J connectivity index is 2.13. The molecular formula is C15H24O2. The molecule has 2 heteroatoms. The SMILES string of the molecule is CC1=CCCC(C)(C)C1C=CC1(C)OCCO1. The van der Waals surface area contributed by atoms with Crippen molar-refractivity contribution in [3.8, 4) is 0 Å². The van der Waals surface area contributed by atoms with Crippen LogP contribution in [0.3, 0.4) is 0 Å². The van der Waals surface area contributed by atoms with Gasteiger partial charge >= 0.3 is 0 Å². The van der Waals surface area contributed by atoms with Gasteiger partial charge in [-0.05, 0) is 38.2 Å². The highest BCUT2D eigenvalue weighted by Gasteiger charge is 2.33. The van der Waals surface area contributed by atoms with E-state index in [1.165, 1.54) is 18.4 Å². The fraction of sp³-hybridized carbons (Fsp3) is 0.733. The predicted octanol–water partition coefficient (Wildman–Crippen LogP) is 3.69. The molecule has 2 aliphatic rings. The molecule has 0 aromatic heterocycles. The second-order valence-corrected chi connectivity index (χ2v) is 6.03. The Hall–Kier alpha value is -0.600. The van der Waals surface area contributed by atoms with Gasteiger partial charge < -0.3 is 9.47 Å². The molecule has 0 saturated carbocycles. The summed E-state index contributed by atoms with van der Waals surface area (Å²) in [6.07, 6.45) is 9.18. The standard InChI is InChI=1S/C15H24O2/c1-12-6-5-8-14(2,3)13(12)7-9-15(4)16-10-11-17-15/h6-7,9,13H,5,8,10-11H2,1-4H3. The molecule has 2 nitrogen and oxygen atoms in total. The number of hydrogen-bond donors (Lipinski definition) is 0. The zero-order valence-electron chi connectivity index (χ0n) is 11.5. The van der Waals surface area contributed by atoms with E-state index in [0.29, 0.717) is 24.5 Å². The minimum Gasteiger partial charge on any atom is -0.344 e. The number of allylic oxidation sites excluding steroid dienone is 3. The third-order valence-corrected chi connectivity index (χ3v) is 4.04. The van der Waals surface area contributed by atoms with E-state index in [-0.39, 0.29) is 0 Å². The molecule has 1 saturated heterocycles. The molecule has 0 N–H and O–H groups in total. The highest BCUT2D eigenvalue weighted by atomic mass is 16.7. The molecule has 17 heavy (non-hydrogen) atoms. The van der Waals surface area contributed by atoms with Crippen LogP contribution in [0, 0.1) is 11.3 Å². The summed E-state index contributed by atoms with van der Waals surface area (Å²) in [6.45, 7) is 10.3. The molecule has 0 aromatic rings. The average molecular weight is 236 g/mol. The van der Waals surface area contributed by atoms with Gasteiger partial charge in [-0.1, -0.05) is 31.6 Å². The third kappa shape index (κ3) is 2.80. The Morgan fingerprint density at radius 2 is 1.88 bits per heavy atom. The summed E-state index contributed by atoms with van der Waals surface area (Å²) in [5.41, 5.74) is 1.81. The van der Waals surface area contributed by atoms with Crippen LogP contribution in [0.25, 0.3) is 0 Å². The first-order chi connectivity index (χ1) is 7.93. The van der Waals surface area contributed by atoms with Crippen molar-refractivity contribution in [2.45, 2.75) is 46.3 Å². The van der Waals surface area contributed by atoms with Crippen molar-refractivity contribution in [3.05, 3.63) is 23.8 Å². The smallest absolute Gasteiger partial charge is 0.185 e. The molecule has 1 heterocycles. The van der Waals surface area contributed by atoms with E-state index in [1.54, 1.807) is 0 Å². The van der Waals surface area contributed by atoms with E-state index in [1.807, 2.05) is 6.92 Å². The molecule has 1 aliphatic carbocycles. The zero-order valence-corrected chi connectivity index (χ0v) is 11.5. The Labute approximate surface area is 105 Å². The normalized spacial score (nSPS) is 31.8. The van der Waals surface area contributed by atoms with Gasteiger partial charge in [-0.3, -0.25) is 0 Å². The van der Waals surface area contributed by atoms with Crippen LogP contribution >= 0.6 is 0 Å². The maximum absolute atomic E-state index is 5.61. The van der Waals surface area contributed by atoms with E-state index in [2.05, 4.69) is 39.0 Å². The van der Waals surface area contributed by atoms with Crippen molar-refractivity contribution in [2.24, 2.45) is 11.3 Å². The van der Waals surface area contributed by atoms with Crippen molar-refractivity contribution in [2.75, 3.05) is 13.2 Å². The average Bonchev–Trinajstić information content (AvgIpc) is 2.64. The molecule has 0 radical (unpaired) electrons. The lowest BCUT2D eigenvalue weighted by Gasteiger charge is -2.37. The lowest BCUT2D eigenvalue weighted by atomic mass is 9.68. The largest absolute Gasteiger partial charge is 0.344 e. The maximum Gasteiger partial charge on any atom is 0.185 e. The van der Waals surface area contributed by atoms with Gasteiger partial charge in [-0.2, -0.15) is 0 Å². The Bertz CT molecular complexity index is 333. The lowest BCUT2D eigenvalue weighted by molar-refractivity contribution is -0.100. The van der Waals surface area contributed by atoms with Crippen LogP contribution in [-0.4, -0.2) is 19.0 Å². The van der Waals surface area contributed by atoms with Crippen molar-refractivity contribution in [1.29, 1.82) is 0 Å². The first-order valence-electron chi connectivity index (χ1n) is 6.57. The van der Waals surface area contributed by atoms with Crippen LogP contribution < -0.4 is 0 Å². The Morgan fingerprint density at radius 3 is 2.47 bits per heavy atom. The van der Waals surface area contributed by atoms with E-state index in [0.717, 1.165) is 0 Å². The Kier molecular flexibility index (Phi) is 3.46. The fourth-order valence-corrected chi connectivity index (χ4v) is 2.88. The van der Waals surface area contributed by atoms with Crippen LogP contribution in [0.1, 0.15) is 40.5 Å². The van der Waals surface area contributed by atoms with Gasteiger partial charge in [0.25, 0.3) is 0 Å². The zero-order chi connectivity index (χ0) is 12.5. The summed E-state index contributed by atoms with van der Waals surface area (Å²) < 4.78 is 11.2. The minimum absolute atomic E-state index is 0.338. The molecule has 0 bridgehead atoms. The van der Waals surface area contributed by atoms with Gasteiger partial charge in [-0.25, -0.2) is 0 Å². The molecule has 1 fully saturated rings. The Morgan fingerprint density at radius 1 is 1.24 bits per heavy atom. The van der Waals surface area contributed by atoms with Crippen molar-refractivity contribution in [1.82, 2.24) is 0 Å². The van der Waals surface area contributed by atoms with Crippen LogP contribution in [0.2, 0.25) is 0 Å². The number of rotatable bonds is 2. The van der Waals surface area contributed by atoms with Gasteiger partial charge in [0.1, 0.15) is 0 Å². The highest BCUT2D eigenvalue weighted by molar-refractivity contribution is 5.19. The fourth-order valence-electron chi connectivity index (χ4n) is 2.88. The third-order valence-electron chi connectivity index (χ3n) is 4.04. The predicted molar refractivity (Wildman–Crippen MR) is 69.7 cm³/mol. The highest BCUT2D eigenvalue weighted by Crippen LogP contribution is 2.42.